The average Bonchev–Trinajstić information content (AvgIpc) is 2.83. The third-order valence-corrected chi connectivity index (χ3v) is 4.49. The summed E-state index contributed by atoms with van der Waals surface area (Å²) in [5.74, 6) is -0.437. The fraction of sp³-hybridized carbons (Fsp3) is 0.800. The third-order valence-electron chi connectivity index (χ3n) is 4.49. The molecular formula is C15H26N4O3. The summed E-state index contributed by atoms with van der Waals surface area (Å²) in [7, 11) is 0. The van der Waals surface area contributed by atoms with Gasteiger partial charge in [0.15, 0.2) is 0 Å². The number of nitrogens with two attached hydrogens (primary N) is 2. The molecule has 3 atom stereocenters. The van der Waals surface area contributed by atoms with Gasteiger partial charge in [0, 0.05) is 25.6 Å². The second-order valence-corrected chi connectivity index (χ2v) is 6.73. The van der Waals surface area contributed by atoms with Crippen molar-refractivity contribution in [1.82, 2.24) is 9.80 Å². The minimum absolute atomic E-state index is 0.0381. The second-order valence-electron chi connectivity index (χ2n) is 6.73. The zero-order valence-electron chi connectivity index (χ0n) is 13.3. The summed E-state index contributed by atoms with van der Waals surface area (Å²) in [5.41, 5.74) is 11.4. The number of amides is 3. The Morgan fingerprint density at radius 2 is 1.95 bits per heavy atom. The van der Waals surface area contributed by atoms with Crippen molar-refractivity contribution in [1.29, 1.82) is 0 Å². The van der Waals surface area contributed by atoms with Crippen LogP contribution in [0.3, 0.4) is 0 Å². The molecule has 0 aromatic heterocycles. The van der Waals surface area contributed by atoms with Gasteiger partial charge >= 0.3 is 0 Å². The summed E-state index contributed by atoms with van der Waals surface area (Å²) in [6, 6.07) is -1.40. The van der Waals surface area contributed by atoms with E-state index in [0.717, 1.165) is 6.42 Å². The van der Waals surface area contributed by atoms with Crippen molar-refractivity contribution in [3.8, 4) is 0 Å². The van der Waals surface area contributed by atoms with Crippen molar-refractivity contribution in [2.75, 3.05) is 13.1 Å². The quantitative estimate of drug-likeness (QED) is 0.728. The van der Waals surface area contributed by atoms with Gasteiger partial charge in [0.25, 0.3) is 0 Å². The van der Waals surface area contributed by atoms with Gasteiger partial charge in [-0.3, -0.25) is 14.4 Å². The second kappa shape index (κ2) is 6.64. The van der Waals surface area contributed by atoms with Gasteiger partial charge < -0.3 is 21.3 Å². The fourth-order valence-electron chi connectivity index (χ4n) is 3.39. The smallest absolute Gasteiger partial charge is 0.242 e. The van der Waals surface area contributed by atoms with Crippen LogP contribution in [-0.4, -0.2) is 58.7 Å². The summed E-state index contributed by atoms with van der Waals surface area (Å²) in [6.45, 7) is 4.75. The first kappa shape index (κ1) is 16.7. The van der Waals surface area contributed by atoms with Crippen LogP contribution in [0.1, 0.15) is 39.5 Å². The van der Waals surface area contributed by atoms with E-state index >= 15 is 0 Å². The van der Waals surface area contributed by atoms with Gasteiger partial charge in [0.2, 0.25) is 17.7 Å². The molecule has 3 unspecified atom stereocenters. The monoisotopic (exact) mass is 310 g/mol. The zero-order valence-corrected chi connectivity index (χ0v) is 13.3. The molecule has 0 aliphatic carbocycles. The van der Waals surface area contributed by atoms with E-state index in [1.807, 2.05) is 13.8 Å². The van der Waals surface area contributed by atoms with Crippen LogP contribution in [0.15, 0.2) is 0 Å². The molecule has 124 valence electrons. The summed E-state index contributed by atoms with van der Waals surface area (Å²) in [5, 5.41) is 0. The third kappa shape index (κ3) is 3.40. The topological polar surface area (TPSA) is 110 Å². The highest BCUT2D eigenvalue weighted by molar-refractivity contribution is 5.90. The number of hydrogen-bond acceptors (Lipinski definition) is 4. The van der Waals surface area contributed by atoms with E-state index in [1.54, 1.807) is 9.80 Å². The zero-order chi connectivity index (χ0) is 16.4. The Morgan fingerprint density at radius 1 is 1.27 bits per heavy atom. The Balaban J connectivity index is 2.13. The van der Waals surface area contributed by atoms with Gasteiger partial charge in [-0.25, -0.2) is 0 Å². The number of carbonyl (C=O) groups excluding carboxylic acids is 3. The molecule has 0 spiro atoms. The van der Waals surface area contributed by atoms with E-state index in [0.29, 0.717) is 25.8 Å². The largest absolute Gasteiger partial charge is 0.368 e. The Hall–Kier alpha value is -1.63. The number of primary amides is 1. The maximum Gasteiger partial charge on any atom is 0.242 e. The lowest BCUT2D eigenvalue weighted by atomic mass is 10.1. The first-order valence-corrected chi connectivity index (χ1v) is 7.96. The molecule has 0 radical (unpaired) electrons. The van der Waals surface area contributed by atoms with Crippen LogP contribution in [0.5, 0.6) is 0 Å². The fourth-order valence-corrected chi connectivity index (χ4v) is 3.39. The van der Waals surface area contributed by atoms with Gasteiger partial charge in [-0.1, -0.05) is 13.8 Å². The van der Waals surface area contributed by atoms with E-state index in [-0.39, 0.29) is 30.3 Å². The van der Waals surface area contributed by atoms with E-state index in [2.05, 4.69) is 0 Å². The Bertz CT molecular complexity index is 466. The van der Waals surface area contributed by atoms with Crippen molar-refractivity contribution in [2.24, 2.45) is 17.4 Å². The lowest BCUT2D eigenvalue weighted by molar-refractivity contribution is -0.144. The van der Waals surface area contributed by atoms with Crippen molar-refractivity contribution in [3.63, 3.8) is 0 Å². The van der Waals surface area contributed by atoms with Crippen LogP contribution in [0.4, 0.5) is 0 Å². The van der Waals surface area contributed by atoms with Gasteiger partial charge in [-0.15, -0.1) is 0 Å². The number of fused-ring (bicyclic) bond motifs is 1. The average molecular weight is 310 g/mol. The van der Waals surface area contributed by atoms with E-state index in [9.17, 15) is 14.4 Å². The van der Waals surface area contributed by atoms with Crippen LogP contribution in [0.25, 0.3) is 0 Å². The van der Waals surface area contributed by atoms with Crippen LogP contribution in [0, 0.1) is 5.92 Å². The molecule has 3 amide bonds. The molecule has 0 bridgehead atoms. The van der Waals surface area contributed by atoms with E-state index < -0.39 is 18.0 Å². The van der Waals surface area contributed by atoms with Crippen molar-refractivity contribution >= 4 is 17.7 Å². The predicted octanol–water partition coefficient (Wildman–Crippen LogP) is -0.563. The molecular weight excluding hydrogens is 284 g/mol. The molecule has 0 aromatic carbocycles. The van der Waals surface area contributed by atoms with Crippen molar-refractivity contribution < 1.29 is 14.4 Å². The highest BCUT2D eigenvalue weighted by Gasteiger charge is 2.43. The Morgan fingerprint density at radius 3 is 2.55 bits per heavy atom. The molecule has 7 nitrogen and oxygen atoms in total. The highest BCUT2D eigenvalue weighted by atomic mass is 16.2. The number of hydrogen-bond donors (Lipinski definition) is 2. The summed E-state index contributed by atoms with van der Waals surface area (Å²) in [6.07, 6.45) is 2.45. The number of rotatable bonds is 3. The van der Waals surface area contributed by atoms with E-state index in [1.165, 1.54) is 0 Å². The van der Waals surface area contributed by atoms with Gasteiger partial charge in [0.05, 0.1) is 0 Å². The maximum absolute atomic E-state index is 12.5. The molecule has 22 heavy (non-hydrogen) atoms. The molecule has 7 heteroatoms. The lowest BCUT2D eigenvalue weighted by Crippen LogP contribution is -2.58. The molecule has 2 saturated heterocycles. The van der Waals surface area contributed by atoms with Crippen LogP contribution < -0.4 is 11.5 Å². The number of nitrogens with zero attached hydrogens (tertiary/aromatic N) is 2. The molecule has 0 saturated carbocycles. The molecule has 2 fully saturated rings. The minimum Gasteiger partial charge on any atom is -0.368 e. The first-order chi connectivity index (χ1) is 10.3. The normalized spacial score (nSPS) is 29.3. The lowest BCUT2D eigenvalue weighted by Gasteiger charge is -2.37. The Kier molecular flexibility index (Phi) is 5.05. The standard InChI is InChI=1S/C15H26N4O3/c1-9(2)7-13(20)18-6-5-10-3-4-12(14(17)21)19(10)15(22)11(16)8-18/h9-12H,3-8,16H2,1-2H3,(H2,17,21). The van der Waals surface area contributed by atoms with Gasteiger partial charge in [0.1, 0.15) is 12.1 Å². The molecule has 2 aliphatic heterocycles. The first-order valence-electron chi connectivity index (χ1n) is 7.96. The summed E-state index contributed by atoms with van der Waals surface area (Å²) >= 11 is 0. The molecule has 4 N–H and O–H groups in total. The van der Waals surface area contributed by atoms with Crippen LogP contribution >= 0.6 is 0 Å². The maximum atomic E-state index is 12.5. The SMILES string of the molecule is CC(C)CC(=O)N1CCC2CCC(C(N)=O)N2C(=O)C(N)C1. The van der Waals surface area contributed by atoms with Crippen molar-refractivity contribution in [2.45, 2.75) is 57.7 Å². The van der Waals surface area contributed by atoms with E-state index in [4.69, 9.17) is 11.5 Å². The van der Waals surface area contributed by atoms with Crippen molar-refractivity contribution in [3.05, 3.63) is 0 Å². The predicted molar refractivity (Wildman–Crippen MR) is 81.5 cm³/mol. The molecule has 2 aliphatic rings. The molecule has 2 rings (SSSR count). The molecule has 2 heterocycles. The van der Waals surface area contributed by atoms with Gasteiger partial charge in [-0.2, -0.15) is 0 Å². The van der Waals surface area contributed by atoms with Gasteiger partial charge in [-0.05, 0) is 25.2 Å². The molecule has 0 aromatic rings. The highest BCUT2D eigenvalue weighted by Crippen LogP contribution is 2.28. The van der Waals surface area contributed by atoms with Crippen LogP contribution in [0.2, 0.25) is 0 Å². The minimum atomic E-state index is -0.793. The summed E-state index contributed by atoms with van der Waals surface area (Å²) in [4.78, 5) is 39.6. The Labute approximate surface area is 131 Å². The summed E-state index contributed by atoms with van der Waals surface area (Å²) < 4.78 is 0. The van der Waals surface area contributed by atoms with Crippen LogP contribution in [-0.2, 0) is 14.4 Å². The number of carbonyl (C=O) groups is 3.